The molecule has 3 rings (SSSR count). The molecule has 204 valence electrons. The van der Waals surface area contributed by atoms with Crippen molar-refractivity contribution in [3.63, 3.8) is 0 Å². The number of aliphatic hydroxyl groups is 1. The van der Waals surface area contributed by atoms with Gasteiger partial charge in [-0.25, -0.2) is 17.6 Å². The van der Waals surface area contributed by atoms with Gasteiger partial charge >= 0.3 is 18.4 Å². The number of anilines is 2. The Morgan fingerprint density at radius 3 is 2.24 bits per heavy atom. The van der Waals surface area contributed by atoms with Crippen molar-refractivity contribution in [1.82, 2.24) is 0 Å². The number of hydrogen-bond acceptors (Lipinski definition) is 6. The van der Waals surface area contributed by atoms with Crippen LogP contribution in [0.15, 0.2) is 47.4 Å². The zero-order valence-electron chi connectivity index (χ0n) is 18.9. The van der Waals surface area contributed by atoms with Gasteiger partial charge < -0.3 is 14.6 Å². The fourth-order valence-electron chi connectivity index (χ4n) is 3.12. The molecule has 0 aromatic heterocycles. The van der Waals surface area contributed by atoms with Crippen LogP contribution >= 0.6 is 0 Å². The second kappa shape index (κ2) is 9.55. The second-order valence-electron chi connectivity index (χ2n) is 8.34. The highest BCUT2D eigenvalue weighted by molar-refractivity contribution is 7.92. The lowest BCUT2D eigenvalue weighted by atomic mass is 10.1. The summed E-state index contributed by atoms with van der Waals surface area (Å²) >= 11 is 0. The average Bonchev–Trinajstić information content (AvgIpc) is 2.76. The molecule has 2 aromatic carbocycles. The Kier molecular flexibility index (Phi) is 7.31. The van der Waals surface area contributed by atoms with Gasteiger partial charge in [0.25, 0.3) is 10.0 Å². The van der Waals surface area contributed by atoms with Gasteiger partial charge in [0.15, 0.2) is 12.2 Å². The van der Waals surface area contributed by atoms with Crippen LogP contribution in [-0.4, -0.2) is 56.3 Å². The third-order valence-corrected chi connectivity index (χ3v) is 7.01. The zero-order valence-corrected chi connectivity index (χ0v) is 19.7. The number of sulfonamides is 1. The molecular formula is C21H19F7N2O6S. The predicted octanol–water partition coefficient (Wildman–Crippen LogP) is 4.59. The Labute approximate surface area is 205 Å². The van der Waals surface area contributed by atoms with Gasteiger partial charge in [0.05, 0.1) is 17.1 Å². The van der Waals surface area contributed by atoms with Crippen LogP contribution in [0.3, 0.4) is 0 Å². The van der Waals surface area contributed by atoms with Crippen molar-refractivity contribution in [1.29, 1.82) is 0 Å². The van der Waals surface area contributed by atoms with Crippen molar-refractivity contribution in [3.8, 4) is 5.75 Å². The molecule has 0 radical (unpaired) electrons. The van der Waals surface area contributed by atoms with Crippen molar-refractivity contribution < 1.29 is 58.5 Å². The van der Waals surface area contributed by atoms with Gasteiger partial charge in [0.1, 0.15) is 11.6 Å². The molecule has 1 aliphatic rings. The minimum Gasteiger partial charge on any atom is -0.483 e. The molecule has 0 saturated carbocycles. The molecule has 0 fully saturated rings. The van der Waals surface area contributed by atoms with Gasteiger partial charge in [-0.3, -0.25) is 9.62 Å². The van der Waals surface area contributed by atoms with Gasteiger partial charge in [-0.2, -0.15) is 26.3 Å². The molecule has 2 N–H and O–H groups in total. The van der Waals surface area contributed by atoms with Crippen molar-refractivity contribution in [2.45, 2.75) is 48.9 Å². The van der Waals surface area contributed by atoms with E-state index in [4.69, 9.17) is 4.74 Å². The fourth-order valence-corrected chi connectivity index (χ4v) is 4.60. The number of nitrogens with zero attached hydrogens (tertiary/aromatic N) is 1. The highest BCUT2D eigenvalue weighted by Crippen LogP contribution is 2.41. The predicted molar refractivity (Wildman–Crippen MR) is 114 cm³/mol. The molecule has 16 heteroatoms. The van der Waals surface area contributed by atoms with E-state index in [1.807, 2.05) is 5.32 Å². The first kappa shape index (κ1) is 28.3. The molecule has 1 amide bonds. The third-order valence-electron chi connectivity index (χ3n) is 5.22. The van der Waals surface area contributed by atoms with Crippen LogP contribution in [0.2, 0.25) is 0 Å². The summed E-state index contributed by atoms with van der Waals surface area (Å²) in [4.78, 5) is 11.5. The van der Waals surface area contributed by atoms with E-state index in [1.54, 1.807) is 0 Å². The number of rotatable bonds is 5. The topological polar surface area (TPSA) is 105 Å². The van der Waals surface area contributed by atoms with Crippen molar-refractivity contribution in [2.24, 2.45) is 0 Å². The second-order valence-corrected chi connectivity index (χ2v) is 10.2. The molecule has 0 bridgehead atoms. The highest BCUT2D eigenvalue weighted by atomic mass is 32.2. The fraction of sp³-hybridized carbons (Fsp3) is 0.381. The van der Waals surface area contributed by atoms with E-state index in [0.29, 0.717) is 18.2 Å². The molecule has 8 nitrogen and oxygen atoms in total. The van der Waals surface area contributed by atoms with Crippen LogP contribution in [0.4, 0.5) is 46.9 Å². The van der Waals surface area contributed by atoms with E-state index in [2.05, 4.69) is 4.74 Å². The summed E-state index contributed by atoms with van der Waals surface area (Å²) in [7, 11) is -4.68. The quantitative estimate of drug-likeness (QED) is 0.519. The lowest BCUT2D eigenvalue weighted by Gasteiger charge is -2.37. The number of amides is 1. The molecule has 0 spiro atoms. The minimum atomic E-state index is -5.18. The maximum Gasteiger partial charge on any atom is 0.427 e. The van der Waals surface area contributed by atoms with Gasteiger partial charge in [-0.15, -0.1) is 0 Å². The summed E-state index contributed by atoms with van der Waals surface area (Å²) in [5.41, 5.74) is -3.59. The van der Waals surface area contributed by atoms with Crippen LogP contribution in [0.5, 0.6) is 5.75 Å². The Bertz CT molecular complexity index is 1260. The summed E-state index contributed by atoms with van der Waals surface area (Å²) in [5, 5.41) is 11.7. The number of carbonyl (C=O) groups excluding carboxylic acids is 1. The lowest BCUT2D eigenvalue weighted by molar-refractivity contribution is -0.242. The summed E-state index contributed by atoms with van der Waals surface area (Å²) in [6, 6.07) is 6.17. The molecule has 0 aliphatic carbocycles. The van der Waals surface area contributed by atoms with E-state index in [0.717, 1.165) is 42.5 Å². The summed E-state index contributed by atoms with van der Waals surface area (Å²) in [5.74, 6) is -1.25. The van der Waals surface area contributed by atoms with Crippen molar-refractivity contribution in [3.05, 3.63) is 48.3 Å². The lowest BCUT2D eigenvalue weighted by Crippen LogP contribution is -2.53. The number of aliphatic hydroxyl groups excluding tert-OH is 1. The molecule has 2 unspecified atom stereocenters. The maximum absolute atomic E-state index is 13.3. The van der Waals surface area contributed by atoms with E-state index in [9.17, 15) is 49.1 Å². The monoisotopic (exact) mass is 560 g/mol. The number of ether oxygens (including phenoxy) is 2. The summed E-state index contributed by atoms with van der Waals surface area (Å²) in [6.07, 6.45) is -16.9. The number of fused-ring (bicyclic) bond motifs is 1. The normalized spacial score (nSPS) is 17.5. The number of benzene rings is 2. The van der Waals surface area contributed by atoms with Crippen molar-refractivity contribution in [2.75, 3.05) is 16.2 Å². The van der Waals surface area contributed by atoms with Crippen LogP contribution in [0, 0.1) is 5.82 Å². The van der Waals surface area contributed by atoms with E-state index in [-0.39, 0.29) is 5.69 Å². The van der Waals surface area contributed by atoms with Crippen LogP contribution in [0.25, 0.3) is 0 Å². The van der Waals surface area contributed by atoms with Gasteiger partial charge in [0.2, 0.25) is 5.60 Å². The minimum absolute atomic E-state index is 0.292. The number of halogens is 7. The summed E-state index contributed by atoms with van der Waals surface area (Å²) in [6.45, 7) is 0.134. The first-order valence-corrected chi connectivity index (χ1v) is 11.7. The number of hydrogen-bond donors (Lipinski definition) is 2. The van der Waals surface area contributed by atoms with Gasteiger partial charge in [0, 0.05) is 5.69 Å². The Balaban J connectivity index is 2.01. The Morgan fingerprint density at radius 2 is 1.70 bits per heavy atom. The molecule has 0 saturated heterocycles. The zero-order chi connectivity index (χ0) is 28.0. The summed E-state index contributed by atoms with van der Waals surface area (Å²) < 4.78 is 128. The molecule has 1 aliphatic heterocycles. The number of alkyl halides is 6. The van der Waals surface area contributed by atoms with Gasteiger partial charge in [-0.05, 0) is 56.3 Å². The van der Waals surface area contributed by atoms with E-state index >= 15 is 0 Å². The third kappa shape index (κ3) is 6.01. The Morgan fingerprint density at radius 1 is 1.11 bits per heavy atom. The smallest absolute Gasteiger partial charge is 0.427 e. The Hall–Kier alpha value is -3.27. The molecule has 2 aromatic rings. The highest BCUT2D eigenvalue weighted by Gasteiger charge is 2.51. The molecule has 2 atom stereocenters. The maximum atomic E-state index is 13.3. The van der Waals surface area contributed by atoms with Gasteiger partial charge in [-0.1, -0.05) is 0 Å². The van der Waals surface area contributed by atoms with E-state index < -0.39 is 75.0 Å². The first-order valence-electron chi connectivity index (χ1n) is 10.2. The SMILES string of the molecule is CC(C)(OC(=O)Nc1ccc2c(c1)N(S(=O)(=O)c1ccc(F)cc1)CC(C(O)C(F)(F)F)O2)C(F)(F)F. The van der Waals surface area contributed by atoms with Crippen LogP contribution < -0.4 is 14.4 Å². The largest absolute Gasteiger partial charge is 0.483 e. The molecule has 37 heavy (non-hydrogen) atoms. The number of carbonyl (C=O) groups is 1. The standard InChI is InChI=1S/C21H19F7N2O6S/c1-19(2,21(26,27)28)36-18(32)29-12-5-8-15-14(9-12)30(10-16(35-15)17(31)20(23,24)25)37(33,34)13-6-3-11(22)4-7-13/h3-9,16-17,31H,10H2,1-2H3,(H,29,32). The van der Waals surface area contributed by atoms with Crippen molar-refractivity contribution >= 4 is 27.5 Å². The first-order chi connectivity index (χ1) is 16.8. The van der Waals surface area contributed by atoms with E-state index in [1.165, 1.54) is 0 Å². The molecular weight excluding hydrogens is 541 g/mol. The average molecular weight is 560 g/mol. The van der Waals surface area contributed by atoms with Crippen LogP contribution in [0.1, 0.15) is 13.8 Å². The molecule has 1 heterocycles. The van der Waals surface area contributed by atoms with Crippen LogP contribution in [-0.2, 0) is 14.8 Å². The number of nitrogens with one attached hydrogen (secondary N) is 1.